The van der Waals surface area contributed by atoms with Crippen molar-refractivity contribution in [3.63, 3.8) is 0 Å². The summed E-state index contributed by atoms with van der Waals surface area (Å²) in [6, 6.07) is 3.49. The molecule has 0 spiro atoms. The van der Waals surface area contributed by atoms with E-state index >= 15 is 0 Å². The van der Waals surface area contributed by atoms with E-state index in [0.717, 1.165) is 12.8 Å². The molecule has 1 saturated carbocycles. The van der Waals surface area contributed by atoms with Crippen LogP contribution in [0.25, 0.3) is 0 Å². The van der Waals surface area contributed by atoms with Crippen molar-refractivity contribution < 1.29 is 19.0 Å². The predicted octanol–water partition coefficient (Wildman–Crippen LogP) is 2.11. The molecule has 2 N–H and O–H groups in total. The Balaban J connectivity index is 2.18. The monoisotopic (exact) mass is 239 g/mol. The van der Waals surface area contributed by atoms with Gasteiger partial charge in [0.1, 0.15) is 17.6 Å². The summed E-state index contributed by atoms with van der Waals surface area (Å²) in [6.45, 7) is 0. The van der Waals surface area contributed by atoms with Crippen LogP contribution in [0.4, 0.5) is 10.1 Å². The van der Waals surface area contributed by atoms with Crippen LogP contribution in [0.2, 0.25) is 0 Å². The van der Waals surface area contributed by atoms with Gasteiger partial charge in [-0.25, -0.2) is 9.18 Å². The lowest BCUT2D eigenvalue weighted by atomic mass is 10.1. The third kappa shape index (κ3) is 2.67. The van der Waals surface area contributed by atoms with E-state index in [-0.39, 0.29) is 11.6 Å². The fraction of sp³-hybridized carbons (Fsp3) is 0.417. The molecule has 0 aromatic heterocycles. The molecular formula is C12H14FNO3. The maximum absolute atomic E-state index is 13.5. The first kappa shape index (κ1) is 11.7. The lowest BCUT2D eigenvalue weighted by molar-refractivity contribution is -0.138. The number of anilines is 1. The van der Waals surface area contributed by atoms with E-state index in [2.05, 4.69) is 5.32 Å². The summed E-state index contributed by atoms with van der Waals surface area (Å²) in [7, 11) is 1.48. The first-order chi connectivity index (χ1) is 8.11. The second kappa shape index (κ2) is 4.61. The van der Waals surface area contributed by atoms with Crippen LogP contribution < -0.4 is 10.1 Å². The summed E-state index contributed by atoms with van der Waals surface area (Å²) >= 11 is 0. The average molecular weight is 239 g/mol. The molecule has 1 aromatic carbocycles. The van der Waals surface area contributed by atoms with Gasteiger partial charge in [-0.15, -0.1) is 0 Å². The summed E-state index contributed by atoms with van der Waals surface area (Å²) < 4.78 is 18.5. The van der Waals surface area contributed by atoms with E-state index in [4.69, 9.17) is 9.84 Å². The second-order valence-corrected chi connectivity index (χ2v) is 4.14. The van der Waals surface area contributed by atoms with Crippen molar-refractivity contribution in [1.29, 1.82) is 0 Å². The Kier molecular flexibility index (Phi) is 3.17. The minimum Gasteiger partial charge on any atom is -0.497 e. The maximum Gasteiger partial charge on any atom is 0.326 e. The highest BCUT2D eigenvalue weighted by Gasteiger charge is 2.36. The number of benzene rings is 1. The number of halogens is 1. The number of carbonyl (C=O) groups is 1. The zero-order valence-corrected chi connectivity index (χ0v) is 9.44. The fourth-order valence-corrected chi connectivity index (χ4v) is 1.72. The van der Waals surface area contributed by atoms with E-state index < -0.39 is 17.8 Å². The lowest BCUT2D eigenvalue weighted by Crippen LogP contribution is -2.31. The van der Waals surface area contributed by atoms with Gasteiger partial charge >= 0.3 is 5.97 Å². The van der Waals surface area contributed by atoms with Gasteiger partial charge in [-0.1, -0.05) is 0 Å². The van der Waals surface area contributed by atoms with Crippen LogP contribution in [-0.2, 0) is 4.79 Å². The topological polar surface area (TPSA) is 58.6 Å². The molecule has 0 saturated heterocycles. The predicted molar refractivity (Wildman–Crippen MR) is 60.7 cm³/mol. The SMILES string of the molecule is COc1ccc(F)c(NC(C(=O)O)C2CC2)c1. The third-order valence-electron chi connectivity index (χ3n) is 2.84. The zero-order valence-electron chi connectivity index (χ0n) is 9.44. The summed E-state index contributed by atoms with van der Waals surface area (Å²) in [4.78, 5) is 11.0. The Hall–Kier alpha value is -1.78. The number of methoxy groups -OCH3 is 1. The Morgan fingerprint density at radius 2 is 2.29 bits per heavy atom. The number of nitrogens with one attached hydrogen (secondary N) is 1. The highest BCUT2D eigenvalue weighted by Crippen LogP contribution is 2.35. The first-order valence-electron chi connectivity index (χ1n) is 5.44. The van der Waals surface area contributed by atoms with Crippen LogP contribution in [0.3, 0.4) is 0 Å². The van der Waals surface area contributed by atoms with Crippen LogP contribution in [0, 0.1) is 11.7 Å². The lowest BCUT2D eigenvalue weighted by Gasteiger charge is -2.16. The van der Waals surface area contributed by atoms with Crippen LogP contribution in [-0.4, -0.2) is 24.2 Å². The summed E-state index contributed by atoms with van der Waals surface area (Å²) in [5.41, 5.74) is 0.170. The molecule has 1 aromatic rings. The van der Waals surface area contributed by atoms with E-state index in [0.29, 0.717) is 5.75 Å². The van der Waals surface area contributed by atoms with Crippen molar-refractivity contribution in [3.8, 4) is 5.75 Å². The average Bonchev–Trinajstić information content (AvgIpc) is 3.11. The molecule has 0 radical (unpaired) electrons. The van der Waals surface area contributed by atoms with Gasteiger partial charge in [0.15, 0.2) is 0 Å². The van der Waals surface area contributed by atoms with Crippen molar-refractivity contribution in [1.82, 2.24) is 0 Å². The van der Waals surface area contributed by atoms with Crippen LogP contribution in [0.1, 0.15) is 12.8 Å². The van der Waals surface area contributed by atoms with Crippen molar-refractivity contribution in [2.24, 2.45) is 5.92 Å². The first-order valence-corrected chi connectivity index (χ1v) is 5.44. The number of rotatable bonds is 5. The van der Waals surface area contributed by atoms with Gasteiger partial charge in [-0.05, 0) is 30.9 Å². The van der Waals surface area contributed by atoms with Gasteiger partial charge in [0.2, 0.25) is 0 Å². The van der Waals surface area contributed by atoms with Crippen molar-refractivity contribution in [3.05, 3.63) is 24.0 Å². The Labute approximate surface area is 98.4 Å². The molecule has 0 amide bonds. The molecule has 5 heteroatoms. The van der Waals surface area contributed by atoms with Crippen LogP contribution in [0.15, 0.2) is 18.2 Å². The maximum atomic E-state index is 13.5. The molecule has 1 aliphatic rings. The van der Waals surface area contributed by atoms with Crippen LogP contribution >= 0.6 is 0 Å². The summed E-state index contributed by atoms with van der Waals surface area (Å²) in [5.74, 6) is -0.834. The molecule has 4 nitrogen and oxygen atoms in total. The molecule has 1 unspecified atom stereocenters. The molecule has 1 atom stereocenters. The standard InChI is InChI=1S/C12H14FNO3/c1-17-8-4-5-9(13)10(6-8)14-11(12(15)16)7-2-3-7/h4-7,11,14H,2-3H2,1H3,(H,15,16). The molecule has 1 aliphatic carbocycles. The van der Waals surface area contributed by atoms with Gasteiger partial charge in [0.05, 0.1) is 12.8 Å². The molecule has 92 valence electrons. The minimum atomic E-state index is -0.949. The Bertz CT molecular complexity index is 432. The van der Waals surface area contributed by atoms with Crippen LogP contribution in [0.5, 0.6) is 5.75 Å². The fourth-order valence-electron chi connectivity index (χ4n) is 1.72. The highest BCUT2D eigenvalue weighted by atomic mass is 19.1. The largest absolute Gasteiger partial charge is 0.497 e. The molecule has 0 heterocycles. The number of carboxylic acid groups (broad SMARTS) is 1. The molecule has 0 bridgehead atoms. The van der Waals surface area contributed by atoms with E-state index in [1.54, 1.807) is 0 Å². The van der Waals surface area contributed by atoms with Crippen molar-refractivity contribution in [2.45, 2.75) is 18.9 Å². The second-order valence-electron chi connectivity index (χ2n) is 4.14. The molecular weight excluding hydrogens is 225 g/mol. The smallest absolute Gasteiger partial charge is 0.326 e. The number of ether oxygens (including phenoxy) is 1. The Morgan fingerprint density at radius 3 is 2.82 bits per heavy atom. The van der Waals surface area contributed by atoms with Crippen molar-refractivity contribution >= 4 is 11.7 Å². The minimum absolute atomic E-state index is 0.0955. The zero-order chi connectivity index (χ0) is 12.4. The molecule has 1 fully saturated rings. The normalized spacial score (nSPS) is 16.4. The quantitative estimate of drug-likeness (QED) is 0.826. The molecule has 2 rings (SSSR count). The highest BCUT2D eigenvalue weighted by molar-refractivity contribution is 5.78. The summed E-state index contributed by atoms with van der Waals surface area (Å²) in [6.07, 6.45) is 1.74. The van der Waals surface area contributed by atoms with E-state index in [1.165, 1.54) is 25.3 Å². The number of aliphatic carboxylic acids is 1. The summed E-state index contributed by atoms with van der Waals surface area (Å²) in [5, 5.41) is 11.8. The number of hydrogen-bond acceptors (Lipinski definition) is 3. The van der Waals surface area contributed by atoms with Gasteiger partial charge in [-0.2, -0.15) is 0 Å². The van der Waals surface area contributed by atoms with E-state index in [9.17, 15) is 9.18 Å². The number of carboxylic acids is 1. The van der Waals surface area contributed by atoms with Gasteiger partial charge < -0.3 is 15.2 Å². The van der Waals surface area contributed by atoms with Gasteiger partial charge in [-0.3, -0.25) is 0 Å². The Morgan fingerprint density at radius 1 is 1.59 bits per heavy atom. The third-order valence-corrected chi connectivity index (χ3v) is 2.84. The number of hydrogen-bond donors (Lipinski definition) is 2. The van der Waals surface area contributed by atoms with Gasteiger partial charge in [0, 0.05) is 6.07 Å². The molecule has 17 heavy (non-hydrogen) atoms. The molecule has 0 aliphatic heterocycles. The van der Waals surface area contributed by atoms with Crippen molar-refractivity contribution in [2.75, 3.05) is 12.4 Å². The van der Waals surface area contributed by atoms with E-state index in [1.807, 2.05) is 0 Å². The van der Waals surface area contributed by atoms with Gasteiger partial charge in [0.25, 0.3) is 0 Å².